The molecule has 0 bridgehead atoms. The number of fused-ring (bicyclic) bond motifs is 1. The molecule has 1 aliphatic rings. The Morgan fingerprint density at radius 3 is 3.06 bits per heavy atom. The van der Waals surface area contributed by atoms with Gasteiger partial charge in [-0.1, -0.05) is 23.4 Å². The quantitative estimate of drug-likeness (QED) is 0.725. The molecule has 1 aromatic heterocycles. The van der Waals surface area contributed by atoms with Crippen molar-refractivity contribution in [1.82, 2.24) is 15.0 Å². The van der Waals surface area contributed by atoms with E-state index in [0.29, 0.717) is 12.3 Å². The van der Waals surface area contributed by atoms with Crippen LogP contribution in [0.4, 0.5) is 0 Å². The molecule has 0 radical (unpaired) electrons. The smallest absolute Gasteiger partial charge is 0.193 e. The van der Waals surface area contributed by atoms with E-state index in [2.05, 4.69) is 10.3 Å². The van der Waals surface area contributed by atoms with E-state index < -0.39 is 0 Å². The van der Waals surface area contributed by atoms with Gasteiger partial charge in [0.2, 0.25) is 0 Å². The Balaban J connectivity index is 1.98. The molecule has 1 unspecified atom stereocenters. The van der Waals surface area contributed by atoms with Crippen LogP contribution in [0.5, 0.6) is 5.75 Å². The van der Waals surface area contributed by atoms with Crippen LogP contribution in [-0.4, -0.2) is 27.4 Å². The highest BCUT2D eigenvalue weighted by Gasteiger charge is 2.32. The van der Waals surface area contributed by atoms with E-state index in [1.807, 2.05) is 24.3 Å². The fourth-order valence-electron chi connectivity index (χ4n) is 2.07. The Bertz CT molecular complexity index is 577. The number of ether oxygens (including phenoxy) is 1. The number of aromatic nitrogens is 3. The lowest BCUT2D eigenvalue weighted by molar-refractivity contribution is 0.0938. The van der Waals surface area contributed by atoms with E-state index in [0.717, 1.165) is 11.3 Å². The van der Waals surface area contributed by atoms with Crippen molar-refractivity contribution in [3.8, 4) is 5.75 Å². The Labute approximate surface area is 98.0 Å². The Morgan fingerprint density at radius 1 is 1.47 bits per heavy atom. The molecule has 0 amide bonds. The van der Waals surface area contributed by atoms with Crippen LogP contribution < -0.4 is 4.74 Å². The molecule has 86 valence electrons. The number of aryl methyl sites for hydroxylation is 1. The highest BCUT2D eigenvalue weighted by Crippen LogP contribution is 2.35. The number of carbonyl (C=O) groups excluding carboxylic acids is 1. The van der Waals surface area contributed by atoms with E-state index in [-0.39, 0.29) is 11.7 Å². The van der Waals surface area contributed by atoms with Crippen LogP contribution in [-0.2, 0) is 7.05 Å². The molecule has 1 aromatic carbocycles. The third kappa shape index (κ3) is 1.51. The van der Waals surface area contributed by atoms with Gasteiger partial charge in [0.1, 0.15) is 18.1 Å². The van der Waals surface area contributed by atoms with Crippen molar-refractivity contribution in [2.75, 3.05) is 6.61 Å². The van der Waals surface area contributed by atoms with Gasteiger partial charge in [0.25, 0.3) is 0 Å². The lowest BCUT2D eigenvalue weighted by Gasteiger charge is -2.06. The minimum Gasteiger partial charge on any atom is -0.492 e. The largest absolute Gasteiger partial charge is 0.492 e. The second-order valence-electron chi connectivity index (χ2n) is 4.01. The summed E-state index contributed by atoms with van der Waals surface area (Å²) in [5.41, 5.74) is 1.45. The number of nitrogens with zero attached hydrogens (tertiary/aromatic N) is 3. The summed E-state index contributed by atoms with van der Waals surface area (Å²) in [6.45, 7) is 0.392. The SMILES string of the molecule is Cn1nncc1C(=O)C1COc2ccccc21. The van der Waals surface area contributed by atoms with Crippen LogP contribution in [0.3, 0.4) is 0 Å². The van der Waals surface area contributed by atoms with Gasteiger partial charge in [-0.15, -0.1) is 5.10 Å². The second kappa shape index (κ2) is 3.69. The van der Waals surface area contributed by atoms with Gasteiger partial charge in [-0.25, -0.2) is 4.68 Å². The summed E-state index contributed by atoms with van der Waals surface area (Å²) in [4.78, 5) is 12.3. The van der Waals surface area contributed by atoms with Crippen LogP contribution in [0.1, 0.15) is 22.0 Å². The number of para-hydroxylation sites is 1. The van der Waals surface area contributed by atoms with Gasteiger partial charge >= 0.3 is 0 Å². The van der Waals surface area contributed by atoms with Gasteiger partial charge in [-0.05, 0) is 6.07 Å². The topological polar surface area (TPSA) is 57.0 Å². The third-order valence-electron chi connectivity index (χ3n) is 2.98. The first-order chi connectivity index (χ1) is 8.27. The van der Waals surface area contributed by atoms with E-state index in [1.165, 1.54) is 10.9 Å². The minimum absolute atomic E-state index is 0.00227. The van der Waals surface area contributed by atoms with Crippen LogP contribution >= 0.6 is 0 Å². The molecular formula is C12H11N3O2. The summed E-state index contributed by atoms with van der Waals surface area (Å²) in [5.74, 6) is 0.548. The lowest BCUT2D eigenvalue weighted by Crippen LogP contribution is -2.17. The molecule has 5 nitrogen and oxygen atoms in total. The maximum absolute atomic E-state index is 12.3. The molecule has 0 fully saturated rings. The number of ketones is 1. The van der Waals surface area contributed by atoms with Gasteiger partial charge in [0, 0.05) is 12.6 Å². The van der Waals surface area contributed by atoms with Crippen molar-refractivity contribution in [3.63, 3.8) is 0 Å². The zero-order valence-corrected chi connectivity index (χ0v) is 9.33. The zero-order valence-electron chi connectivity index (χ0n) is 9.33. The fourth-order valence-corrected chi connectivity index (χ4v) is 2.07. The van der Waals surface area contributed by atoms with Crippen molar-refractivity contribution in [2.24, 2.45) is 7.05 Å². The van der Waals surface area contributed by atoms with Crippen LogP contribution in [0.15, 0.2) is 30.5 Å². The average Bonchev–Trinajstić information content (AvgIpc) is 2.94. The van der Waals surface area contributed by atoms with E-state index >= 15 is 0 Å². The van der Waals surface area contributed by atoms with Gasteiger partial charge in [-0.2, -0.15) is 0 Å². The number of benzene rings is 1. The number of rotatable bonds is 2. The summed E-state index contributed by atoms with van der Waals surface area (Å²) in [7, 11) is 1.71. The fraction of sp³-hybridized carbons (Fsp3) is 0.250. The number of carbonyl (C=O) groups is 1. The van der Waals surface area contributed by atoms with Crippen molar-refractivity contribution in [3.05, 3.63) is 41.7 Å². The molecule has 2 heterocycles. The van der Waals surface area contributed by atoms with Gasteiger partial charge < -0.3 is 4.74 Å². The van der Waals surface area contributed by atoms with E-state index in [9.17, 15) is 4.79 Å². The van der Waals surface area contributed by atoms with Gasteiger partial charge in [-0.3, -0.25) is 4.79 Å². The molecule has 0 aliphatic carbocycles. The number of hydrogen-bond donors (Lipinski definition) is 0. The first-order valence-electron chi connectivity index (χ1n) is 5.38. The highest BCUT2D eigenvalue weighted by molar-refractivity contribution is 6.00. The summed E-state index contributed by atoms with van der Waals surface area (Å²) >= 11 is 0. The summed E-state index contributed by atoms with van der Waals surface area (Å²) in [6.07, 6.45) is 1.49. The van der Waals surface area contributed by atoms with Crippen molar-refractivity contribution in [1.29, 1.82) is 0 Å². The first-order valence-corrected chi connectivity index (χ1v) is 5.38. The van der Waals surface area contributed by atoms with Crippen LogP contribution in [0.2, 0.25) is 0 Å². The van der Waals surface area contributed by atoms with Crippen molar-refractivity contribution >= 4 is 5.78 Å². The van der Waals surface area contributed by atoms with Crippen LogP contribution in [0, 0.1) is 0 Å². The molecule has 0 saturated heterocycles. The zero-order chi connectivity index (χ0) is 11.8. The second-order valence-corrected chi connectivity index (χ2v) is 4.01. The Kier molecular flexibility index (Phi) is 2.18. The molecule has 2 aromatic rings. The predicted molar refractivity (Wildman–Crippen MR) is 60.0 cm³/mol. The third-order valence-corrected chi connectivity index (χ3v) is 2.98. The predicted octanol–water partition coefficient (Wildman–Crippen LogP) is 1.17. The number of hydrogen-bond acceptors (Lipinski definition) is 4. The lowest BCUT2D eigenvalue weighted by atomic mass is 9.95. The van der Waals surface area contributed by atoms with Crippen LogP contribution in [0.25, 0.3) is 0 Å². The molecule has 0 saturated carbocycles. The Hall–Kier alpha value is -2.17. The molecule has 1 aliphatic heterocycles. The number of Topliss-reactive ketones (excluding diaryl/α,β-unsaturated/α-hetero) is 1. The molecule has 0 spiro atoms. The standard InChI is InChI=1S/C12H11N3O2/c1-15-10(6-13-14-15)12(16)9-7-17-11-5-3-2-4-8(9)11/h2-6,9H,7H2,1H3. The molecule has 5 heteroatoms. The molecule has 3 rings (SSSR count). The molecular weight excluding hydrogens is 218 g/mol. The van der Waals surface area contributed by atoms with Crippen molar-refractivity contribution in [2.45, 2.75) is 5.92 Å². The highest BCUT2D eigenvalue weighted by atomic mass is 16.5. The Morgan fingerprint density at radius 2 is 2.29 bits per heavy atom. The first kappa shape index (κ1) is 10.0. The molecule has 17 heavy (non-hydrogen) atoms. The average molecular weight is 229 g/mol. The minimum atomic E-state index is -0.247. The summed E-state index contributed by atoms with van der Waals surface area (Å²) in [6, 6.07) is 7.62. The maximum Gasteiger partial charge on any atom is 0.193 e. The summed E-state index contributed by atoms with van der Waals surface area (Å²) < 4.78 is 6.99. The molecule has 0 N–H and O–H groups in total. The summed E-state index contributed by atoms with van der Waals surface area (Å²) in [5, 5.41) is 7.49. The van der Waals surface area contributed by atoms with Gasteiger partial charge in [0.05, 0.1) is 12.1 Å². The van der Waals surface area contributed by atoms with E-state index in [1.54, 1.807) is 7.05 Å². The monoisotopic (exact) mass is 229 g/mol. The van der Waals surface area contributed by atoms with Crippen molar-refractivity contribution < 1.29 is 9.53 Å². The normalized spacial score (nSPS) is 17.6. The molecule has 1 atom stereocenters. The maximum atomic E-state index is 12.3. The van der Waals surface area contributed by atoms with E-state index in [4.69, 9.17) is 4.74 Å². The van der Waals surface area contributed by atoms with Gasteiger partial charge in [0.15, 0.2) is 5.78 Å².